The Kier molecular flexibility index (Phi) is 5.47. The normalized spacial score (nSPS) is 11.8. The van der Waals surface area contributed by atoms with Crippen molar-refractivity contribution in [1.82, 2.24) is 9.78 Å². The summed E-state index contributed by atoms with van der Waals surface area (Å²) in [7, 11) is -3.62. The Balaban J connectivity index is 2.37. The summed E-state index contributed by atoms with van der Waals surface area (Å²) >= 11 is 0. The standard InChI is InChI=1S/C21H21FN2O3S/c1-14(2)11-16-12-18(15-6-8-17(22)9-7-15)20(28(3,26)27)13-19(16)24-21(25)5-4-10-23-24/h4-10,12-14H,11H2,1-3H3. The van der Waals surface area contributed by atoms with Gasteiger partial charge in [0.15, 0.2) is 9.84 Å². The van der Waals surface area contributed by atoms with Crippen molar-refractivity contribution in [3.05, 3.63) is 76.5 Å². The first-order valence-corrected chi connectivity index (χ1v) is 10.7. The van der Waals surface area contributed by atoms with Crippen molar-refractivity contribution >= 4 is 9.84 Å². The molecule has 1 heterocycles. The van der Waals surface area contributed by atoms with Crippen molar-refractivity contribution in [3.63, 3.8) is 0 Å². The number of hydrogen-bond donors (Lipinski definition) is 0. The van der Waals surface area contributed by atoms with Crippen LogP contribution in [0.25, 0.3) is 16.8 Å². The maximum Gasteiger partial charge on any atom is 0.271 e. The lowest BCUT2D eigenvalue weighted by Crippen LogP contribution is -2.21. The van der Waals surface area contributed by atoms with Crippen molar-refractivity contribution in [1.29, 1.82) is 0 Å². The van der Waals surface area contributed by atoms with E-state index in [0.29, 0.717) is 23.2 Å². The Morgan fingerprint density at radius 3 is 2.36 bits per heavy atom. The van der Waals surface area contributed by atoms with E-state index in [1.807, 2.05) is 13.8 Å². The summed E-state index contributed by atoms with van der Waals surface area (Å²) < 4.78 is 39.6. The highest BCUT2D eigenvalue weighted by atomic mass is 32.2. The molecule has 0 radical (unpaired) electrons. The van der Waals surface area contributed by atoms with Crippen molar-refractivity contribution < 1.29 is 12.8 Å². The second-order valence-electron chi connectivity index (χ2n) is 7.13. The van der Waals surface area contributed by atoms with Crippen LogP contribution < -0.4 is 5.56 Å². The summed E-state index contributed by atoms with van der Waals surface area (Å²) in [5, 5.41) is 4.11. The molecule has 0 saturated heterocycles. The molecule has 0 aliphatic carbocycles. The second kappa shape index (κ2) is 7.67. The van der Waals surface area contributed by atoms with Crippen LogP contribution in [0, 0.1) is 11.7 Å². The van der Waals surface area contributed by atoms with Gasteiger partial charge in [-0.2, -0.15) is 9.78 Å². The van der Waals surface area contributed by atoms with Gasteiger partial charge in [-0.05, 0) is 53.8 Å². The fourth-order valence-corrected chi connectivity index (χ4v) is 4.02. The molecule has 2 aromatic carbocycles. The van der Waals surface area contributed by atoms with Gasteiger partial charge in [0.25, 0.3) is 5.56 Å². The van der Waals surface area contributed by atoms with Gasteiger partial charge in [0, 0.05) is 24.1 Å². The molecule has 0 aliphatic rings. The quantitative estimate of drug-likeness (QED) is 0.656. The van der Waals surface area contributed by atoms with Gasteiger partial charge in [-0.15, -0.1) is 0 Å². The van der Waals surface area contributed by atoms with Crippen molar-refractivity contribution in [3.8, 4) is 16.8 Å². The van der Waals surface area contributed by atoms with Crippen LogP contribution in [0.4, 0.5) is 4.39 Å². The number of hydrogen-bond acceptors (Lipinski definition) is 4. The molecule has 0 bridgehead atoms. The third-order valence-electron chi connectivity index (χ3n) is 4.31. The van der Waals surface area contributed by atoms with E-state index in [1.54, 1.807) is 18.2 Å². The molecule has 0 N–H and O–H groups in total. The maximum absolute atomic E-state index is 13.4. The van der Waals surface area contributed by atoms with E-state index in [9.17, 15) is 17.6 Å². The third-order valence-corrected chi connectivity index (χ3v) is 5.44. The molecule has 0 fully saturated rings. The topological polar surface area (TPSA) is 69.0 Å². The molecule has 0 aliphatic heterocycles. The summed E-state index contributed by atoms with van der Waals surface area (Å²) in [5.41, 5.74) is 1.95. The second-order valence-corrected chi connectivity index (χ2v) is 9.11. The monoisotopic (exact) mass is 400 g/mol. The Bertz CT molecular complexity index is 1170. The summed E-state index contributed by atoms with van der Waals surface area (Å²) in [6, 6.07) is 11.8. The van der Waals surface area contributed by atoms with Crippen LogP contribution >= 0.6 is 0 Å². The molecule has 3 aromatic rings. The van der Waals surface area contributed by atoms with Crippen molar-refractivity contribution in [2.24, 2.45) is 5.92 Å². The molecule has 0 spiro atoms. The lowest BCUT2D eigenvalue weighted by Gasteiger charge is -2.18. The minimum absolute atomic E-state index is 0.0687. The molecule has 0 atom stereocenters. The zero-order valence-electron chi connectivity index (χ0n) is 15.9. The predicted molar refractivity (Wildman–Crippen MR) is 107 cm³/mol. The summed E-state index contributed by atoms with van der Waals surface area (Å²) in [6.07, 6.45) is 3.22. The number of nitrogens with zero attached hydrogens (tertiary/aromatic N) is 2. The molecule has 3 rings (SSSR count). The third kappa shape index (κ3) is 4.20. The van der Waals surface area contributed by atoms with Crippen molar-refractivity contribution in [2.45, 2.75) is 25.2 Å². The predicted octanol–water partition coefficient (Wildman–Crippen LogP) is 3.64. The molecule has 28 heavy (non-hydrogen) atoms. The van der Waals surface area contributed by atoms with E-state index in [0.717, 1.165) is 11.8 Å². The lowest BCUT2D eigenvalue weighted by atomic mass is 9.96. The van der Waals surface area contributed by atoms with Gasteiger partial charge in [-0.1, -0.05) is 26.0 Å². The molecule has 0 saturated carbocycles. The SMILES string of the molecule is CC(C)Cc1cc(-c2ccc(F)cc2)c(S(C)(=O)=O)cc1-n1ncccc1=O. The van der Waals surface area contributed by atoms with Gasteiger partial charge in [0.2, 0.25) is 0 Å². The van der Waals surface area contributed by atoms with Gasteiger partial charge < -0.3 is 0 Å². The summed E-state index contributed by atoms with van der Waals surface area (Å²) in [5.74, 6) is -0.132. The average Bonchev–Trinajstić information content (AvgIpc) is 2.61. The lowest BCUT2D eigenvalue weighted by molar-refractivity contribution is 0.601. The molecular weight excluding hydrogens is 379 g/mol. The first-order valence-electron chi connectivity index (χ1n) is 8.84. The van der Waals surface area contributed by atoms with E-state index in [-0.39, 0.29) is 16.4 Å². The molecular formula is C21H21FN2O3S. The van der Waals surface area contributed by atoms with Gasteiger partial charge in [0.1, 0.15) is 5.82 Å². The van der Waals surface area contributed by atoms with E-state index >= 15 is 0 Å². The highest BCUT2D eigenvalue weighted by molar-refractivity contribution is 7.90. The number of benzene rings is 2. The van der Waals surface area contributed by atoms with Crippen LogP contribution in [0.15, 0.2) is 64.4 Å². The van der Waals surface area contributed by atoms with E-state index in [1.165, 1.54) is 41.2 Å². The van der Waals surface area contributed by atoms with Gasteiger partial charge in [-0.25, -0.2) is 12.8 Å². The van der Waals surface area contributed by atoms with Gasteiger partial charge in [0.05, 0.1) is 10.6 Å². The van der Waals surface area contributed by atoms with Crippen LogP contribution in [-0.4, -0.2) is 24.5 Å². The minimum atomic E-state index is -3.62. The fourth-order valence-electron chi connectivity index (χ4n) is 3.12. The molecule has 7 heteroatoms. The first-order chi connectivity index (χ1) is 13.2. The largest absolute Gasteiger partial charge is 0.271 e. The van der Waals surface area contributed by atoms with Crippen LogP contribution in [0.1, 0.15) is 19.4 Å². The molecule has 1 aromatic heterocycles. The summed E-state index contributed by atoms with van der Waals surface area (Å²) in [4.78, 5) is 12.4. The van der Waals surface area contributed by atoms with Crippen LogP contribution in [0.2, 0.25) is 0 Å². The fraction of sp³-hybridized carbons (Fsp3) is 0.238. The Morgan fingerprint density at radius 1 is 1.11 bits per heavy atom. The Morgan fingerprint density at radius 2 is 1.79 bits per heavy atom. The van der Waals surface area contributed by atoms with E-state index in [2.05, 4.69) is 5.10 Å². The number of halogens is 1. The van der Waals surface area contributed by atoms with Crippen LogP contribution in [-0.2, 0) is 16.3 Å². The van der Waals surface area contributed by atoms with Crippen molar-refractivity contribution in [2.75, 3.05) is 6.26 Å². The average molecular weight is 400 g/mol. The zero-order chi connectivity index (χ0) is 20.5. The zero-order valence-corrected chi connectivity index (χ0v) is 16.7. The number of aromatic nitrogens is 2. The number of rotatable bonds is 5. The Labute approximate surface area is 163 Å². The molecule has 0 amide bonds. The number of sulfone groups is 1. The Hall–Kier alpha value is -2.80. The molecule has 5 nitrogen and oxygen atoms in total. The minimum Gasteiger partial charge on any atom is -0.267 e. The smallest absolute Gasteiger partial charge is 0.267 e. The first kappa shape index (κ1) is 19.9. The van der Waals surface area contributed by atoms with E-state index < -0.39 is 15.7 Å². The van der Waals surface area contributed by atoms with Crippen LogP contribution in [0.3, 0.4) is 0 Å². The molecule has 0 unspecified atom stereocenters. The summed E-state index contributed by atoms with van der Waals surface area (Å²) in [6.45, 7) is 4.07. The highest BCUT2D eigenvalue weighted by Gasteiger charge is 2.21. The van der Waals surface area contributed by atoms with Gasteiger partial charge in [-0.3, -0.25) is 4.79 Å². The van der Waals surface area contributed by atoms with Crippen LogP contribution in [0.5, 0.6) is 0 Å². The van der Waals surface area contributed by atoms with E-state index in [4.69, 9.17) is 0 Å². The maximum atomic E-state index is 13.4. The van der Waals surface area contributed by atoms with Gasteiger partial charge >= 0.3 is 0 Å². The highest BCUT2D eigenvalue weighted by Crippen LogP contribution is 2.33. The molecule has 146 valence electrons.